The lowest BCUT2D eigenvalue weighted by molar-refractivity contribution is -0.910. The first kappa shape index (κ1) is 120. The number of hydrogen-bond acceptors (Lipinski definition) is 21. The highest BCUT2D eigenvalue weighted by Crippen LogP contribution is 2.39. The summed E-state index contributed by atoms with van der Waals surface area (Å²) >= 11 is 0. The molecule has 16 N–H and O–H groups in total. The Morgan fingerprint density at radius 2 is 0.815 bits per heavy atom. The van der Waals surface area contributed by atoms with Crippen molar-refractivity contribution in [1.82, 2.24) is 76.3 Å². The Kier molecular flexibility index (Phi) is 40.4. The number of pyridine rings is 7. The normalized spacial score (nSPS) is 16.0. The molecule has 0 bridgehead atoms. The van der Waals surface area contributed by atoms with E-state index in [-0.39, 0.29) is 58.6 Å². The number of quaternary nitrogens is 6. The van der Waals surface area contributed by atoms with Crippen molar-refractivity contribution in [2.75, 3.05) is 287 Å². The number of nitrogens with two attached hydrogens (primary N) is 7. The maximum Gasteiger partial charge on any atom is 0.270 e. The molecule has 1 unspecified atom stereocenters. The summed E-state index contributed by atoms with van der Waals surface area (Å²) in [7, 11) is 28.9. The molecule has 0 aromatic carbocycles. The molecule has 5 fully saturated rings. The molecule has 20 rings (SSSR count). The van der Waals surface area contributed by atoms with Crippen molar-refractivity contribution in [2.45, 2.75) is 114 Å². The van der Waals surface area contributed by atoms with E-state index in [0.29, 0.717) is 24.2 Å². The molecule has 0 amide bonds. The highest BCUT2D eigenvalue weighted by molar-refractivity contribution is 5.86. The molecule has 0 aliphatic carbocycles. The van der Waals surface area contributed by atoms with E-state index in [1.807, 2.05) is 118 Å². The molecule has 36 nitrogen and oxygen atoms in total. The Hall–Kier alpha value is -12.8. The second-order valence-corrected chi connectivity index (χ2v) is 42.8. The van der Waals surface area contributed by atoms with Crippen LogP contribution in [0.2, 0.25) is 0 Å². The zero-order chi connectivity index (χ0) is 100. The number of anilines is 12. The Labute approximate surface area is 872 Å². The Morgan fingerprint density at radius 1 is 0.418 bits per heavy atom. The van der Waals surface area contributed by atoms with E-state index in [0.717, 1.165) is 288 Å². The summed E-state index contributed by atoms with van der Waals surface area (Å²) < 4.78 is 29.1. The highest BCUT2D eigenvalue weighted by atomic mass is 16.5. The average molecular weight is 2010 g/mol. The molecule has 0 spiro atoms. The molecule has 5 aliphatic rings. The van der Waals surface area contributed by atoms with Gasteiger partial charge in [-0.15, -0.1) is 35.7 Å². The van der Waals surface area contributed by atoms with E-state index < -0.39 is 0 Å². The van der Waals surface area contributed by atoms with E-state index in [4.69, 9.17) is 65.3 Å². The van der Waals surface area contributed by atoms with Crippen LogP contribution in [-0.4, -0.2) is 328 Å². The van der Waals surface area contributed by atoms with Crippen LogP contribution in [0.3, 0.4) is 0 Å². The quantitative estimate of drug-likeness (QED) is 0.0177. The molecule has 146 heavy (non-hydrogen) atoms. The molecule has 15 aromatic heterocycles. The van der Waals surface area contributed by atoms with Crippen molar-refractivity contribution in [2.24, 2.45) is 7.05 Å². The average Bonchev–Trinajstić information content (AvgIpc) is 1.60. The lowest BCUT2D eigenvalue weighted by atomic mass is 10.2. The van der Waals surface area contributed by atoms with Crippen LogP contribution in [0.15, 0.2) is 128 Å². The van der Waals surface area contributed by atoms with Crippen molar-refractivity contribution in [3.63, 3.8) is 0 Å². The van der Waals surface area contributed by atoms with Crippen molar-refractivity contribution >= 4 is 113 Å². The molecular formula is C110H182N34O2. The maximum absolute atomic E-state index is 9.20. The Morgan fingerprint density at radius 3 is 1.24 bits per heavy atom. The number of aliphatic hydroxyl groups excluding tert-OH is 1. The molecule has 804 valence electrons. The third-order valence-corrected chi connectivity index (χ3v) is 29.5. The standard InChI is InChI=1S/C16H26N5O.C16H26N5.C15H24N5.C14H18N5O.C14H22N5.C14H24N5.C14H21N4.7CH3/c1-12-4-5-14-15(17)16(18-20(14)13(12)2)19-6-8-21(3,9-7-19)10-11-22;1-11-6-7-14-15(17)16(18-20(14)12(11)2)19-9-8-13(10-19)21(3,4)5;1-11-5-6-13-14(16)15(17-19(13)12(11)2)18-7-9-20(3,4)10-8-18;1-17-8-9-18(11-17)6-4-10-20-14-13(15)12-5-2-3-7-19(12)16-14;1-19(2)10-5-7-17(9-11-19)14-13(15)12-6-3-4-8-18(12)16-14;1-10-6-7-12-13(15)14(17-18(12)11(10)2)16-8-9-19(3,4)5;1-10-6-7-12-13(15)14(16-17(12)11(10)2)18(3)8-4-5-9-18;;;;;;;/h4-5,22H,6-11,17H2,1-3H3;6-7,13H,8-10,17H2,1-5H3;5-6H,7-10,16H2,1-4H3;2-3,5,7-9,11H,4,6,10,15H2,1H3;3-4,6,8H,5,7,9-11,15H2,1-2H3;6-7H,8-9,15H2,1-5H3,(H,16,17);6-7H,4-5,8-9,15H2,1-3H3;7*1H3/q7*+1;7*-1. The van der Waals surface area contributed by atoms with Gasteiger partial charge in [0.25, 0.3) is 11.7 Å². The van der Waals surface area contributed by atoms with Gasteiger partial charge in [0, 0.05) is 86.1 Å². The lowest BCUT2D eigenvalue weighted by Gasteiger charge is -2.41. The van der Waals surface area contributed by atoms with Gasteiger partial charge in [-0.1, -0.05) is 42.5 Å². The number of aromatic nitrogens is 16. The number of nitrogens with zero attached hydrogens (tertiary/aromatic N) is 26. The van der Waals surface area contributed by atoms with Crippen LogP contribution in [-0.2, 0) is 13.6 Å². The van der Waals surface area contributed by atoms with Gasteiger partial charge in [0.05, 0.1) is 255 Å². The topological polar surface area (TPSA) is 366 Å². The number of imidazole rings is 1. The number of hydrogen-bond donors (Lipinski definition) is 9. The minimum Gasteiger partial charge on any atom is -0.475 e. The summed E-state index contributed by atoms with van der Waals surface area (Å²) in [6, 6.07) is 33.2. The predicted molar refractivity (Wildman–Crippen MR) is 615 cm³/mol. The monoisotopic (exact) mass is 2010 g/mol. The van der Waals surface area contributed by atoms with E-state index in [1.165, 1.54) is 65.7 Å². The third-order valence-electron chi connectivity index (χ3n) is 29.5. The largest absolute Gasteiger partial charge is 0.475 e. The number of rotatable bonds is 17. The minimum atomic E-state index is 0. The number of aryl methyl sites for hydroxylation is 12. The van der Waals surface area contributed by atoms with Gasteiger partial charge in [0.1, 0.15) is 64.8 Å². The highest BCUT2D eigenvalue weighted by Gasteiger charge is 2.38. The second-order valence-electron chi connectivity index (χ2n) is 42.8. The second kappa shape index (κ2) is 49.1. The van der Waals surface area contributed by atoms with Gasteiger partial charge in [-0.3, -0.25) is 4.48 Å². The summed E-state index contributed by atoms with van der Waals surface area (Å²) in [5.74, 6) is 6.05. The van der Waals surface area contributed by atoms with Crippen LogP contribution in [0.5, 0.6) is 5.88 Å². The van der Waals surface area contributed by atoms with Gasteiger partial charge < -0.3 is 149 Å². The molecule has 15 aromatic rings. The smallest absolute Gasteiger partial charge is 0.270 e. The van der Waals surface area contributed by atoms with Crippen LogP contribution < -0.4 is 78.8 Å². The zero-order valence-electron chi connectivity index (χ0n) is 94.3. The van der Waals surface area contributed by atoms with Crippen molar-refractivity contribution in [3.05, 3.63) is 236 Å². The van der Waals surface area contributed by atoms with E-state index in [1.54, 1.807) is 4.52 Å². The number of nitrogen functional groups attached to an aromatic ring is 7. The number of nitrogens with one attached hydrogen (secondary N) is 1. The van der Waals surface area contributed by atoms with Crippen LogP contribution in [0.1, 0.15) is 88.4 Å². The molecule has 5 aliphatic heterocycles. The van der Waals surface area contributed by atoms with Gasteiger partial charge in [-0.05, 0) is 152 Å². The summed E-state index contributed by atoms with van der Waals surface area (Å²) in [4.78, 5) is 9.26. The van der Waals surface area contributed by atoms with Crippen LogP contribution >= 0.6 is 0 Å². The van der Waals surface area contributed by atoms with Crippen molar-refractivity contribution < 1.29 is 36.8 Å². The Bertz CT molecular complexity index is 6770. The zero-order valence-corrected chi connectivity index (χ0v) is 94.3. The first-order valence-corrected chi connectivity index (χ1v) is 49.4. The van der Waals surface area contributed by atoms with Crippen LogP contribution in [0.25, 0.3) is 38.6 Å². The first-order chi connectivity index (χ1) is 65.8. The number of likely N-dealkylation sites (tertiary alicyclic amines) is 1. The molecule has 20 heterocycles. The van der Waals surface area contributed by atoms with Crippen molar-refractivity contribution in [3.8, 4) is 5.88 Å². The van der Waals surface area contributed by atoms with E-state index in [9.17, 15) is 5.11 Å². The molecule has 1 atom stereocenters. The van der Waals surface area contributed by atoms with Gasteiger partial charge in [0.2, 0.25) is 6.33 Å². The number of likely N-dealkylation sites (N-methyl/N-ethyl adjacent to an activating group) is 5. The SMILES string of the molecule is C[N+]1(C)CCCN(c2nn3ccccc3c2N)CC1.C[n+]1ccn(CCCOc2nn3ccccc3c2N)c1.Cc1ccc2c(N)c(N3CCC([N+](C)(C)C)C3)nn2c1C.Cc1ccc2c(N)c(N3CC[N+](C)(C)CC3)nn2c1C.Cc1ccc2c(N)c(N3CC[N+](C)(CCO)CC3)nn2c1C.Cc1ccc2c(N)c(NCC[N+](C)(C)C)nn2c1C.Cc1ccc2c(N)c([N+]3(C)CCCC3)nn2c1C.[CH3-].[CH3-].[CH3-].[CH3-].[CH3-].[CH3-].[CH3-]. The van der Waals surface area contributed by atoms with E-state index in [2.05, 4.69) is 247 Å². The number of aliphatic hydroxyl groups is 1. The number of piperazine rings is 2. The van der Waals surface area contributed by atoms with Crippen LogP contribution in [0.4, 0.5) is 74.7 Å². The molecular weight excluding hydrogens is 1830 g/mol. The molecule has 0 radical (unpaired) electrons. The number of ether oxygens (including phenoxy) is 1. The van der Waals surface area contributed by atoms with Gasteiger partial charge in [0.15, 0.2) is 29.1 Å². The minimum absolute atomic E-state index is 0. The van der Waals surface area contributed by atoms with Crippen LogP contribution in [0, 0.1) is 121 Å². The fraction of sp³-hybridized carbons (Fsp3) is 0.464. The van der Waals surface area contributed by atoms with E-state index >= 15 is 0 Å². The summed E-state index contributed by atoms with van der Waals surface area (Å²) in [5.41, 5.74) is 68.0. The predicted octanol–water partition coefficient (Wildman–Crippen LogP) is 13.3. The van der Waals surface area contributed by atoms with Crippen molar-refractivity contribution in [1.29, 1.82) is 0 Å². The summed E-state index contributed by atoms with van der Waals surface area (Å²) in [5, 5.41) is 45.1. The fourth-order valence-corrected chi connectivity index (χ4v) is 19.0. The first-order valence-electron chi connectivity index (χ1n) is 49.4. The summed E-state index contributed by atoms with van der Waals surface area (Å²) in [6.45, 7) is 42.2. The van der Waals surface area contributed by atoms with Gasteiger partial charge in [-0.2, -0.15) is 0 Å². The molecule has 36 heteroatoms. The lowest BCUT2D eigenvalue weighted by Crippen LogP contribution is -2.58. The molecule has 5 saturated heterocycles. The fourth-order valence-electron chi connectivity index (χ4n) is 19.0. The van der Waals surface area contributed by atoms with Gasteiger partial charge >= 0.3 is 0 Å². The molecule has 0 saturated carbocycles. The third kappa shape index (κ3) is 26.8. The summed E-state index contributed by atoms with van der Waals surface area (Å²) in [6.07, 6.45) is 15.7. The Balaban J connectivity index is 0.000000229. The van der Waals surface area contributed by atoms with Gasteiger partial charge in [-0.25, -0.2) is 40.7 Å². The number of fused-ring (bicyclic) bond motifs is 7. The maximum atomic E-state index is 9.20.